The van der Waals surface area contributed by atoms with E-state index in [1.54, 1.807) is 6.07 Å². The Hall–Kier alpha value is -0.600. The molecule has 1 unspecified atom stereocenters. The van der Waals surface area contributed by atoms with E-state index in [-0.39, 0.29) is 16.8 Å². The van der Waals surface area contributed by atoms with Crippen LogP contribution in [0.3, 0.4) is 0 Å². The molecule has 1 fully saturated rings. The van der Waals surface area contributed by atoms with Gasteiger partial charge in [-0.2, -0.15) is 0 Å². The molecule has 0 radical (unpaired) electrons. The Morgan fingerprint density at radius 2 is 1.95 bits per heavy atom. The number of halogens is 2. The van der Waals surface area contributed by atoms with E-state index in [1.165, 1.54) is 38.5 Å². The van der Waals surface area contributed by atoms with Gasteiger partial charge >= 0.3 is 0 Å². The van der Waals surface area contributed by atoms with Gasteiger partial charge in [0.05, 0.1) is 5.02 Å². The van der Waals surface area contributed by atoms with Crippen LogP contribution in [0, 0.1) is 11.7 Å². The summed E-state index contributed by atoms with van der Waals surface area (Å²) < 4.78 is 14.3. The topological polar surface area (TPSA) is 12.0 Å². The predicted octanol–water partition coefficient (Wildman–Crippen LogP) is 4.75. The zero-order chi connectivity index (χ0) is 13.7. The van der Waals surface area contributed by atoms with E-state index in [9.17, 15) is 4.39 Å². The number of hydrogen-bond acceptors (Lipinski definition) is 1. The standard InChI is InChI=1S/C16H23ClFN/c1-19-11-14(12-7-4-2-3-5-8-12)13-9-6-10-15(17)16(13)18/h6,9-10,12,14,19H,2-5,7-8,11H2,1H3. The molecule has 0 amide bonds. The summed E-state index contributed by atoms with van der Waals surface area (Å²) in [7, 11) is 1.94. The van der Waals surface area contributed by atoms with Crippen molar-refractivity contribution >= 4 is 11.6 Å². The predicted molar refractivity (Wildman–Crippen MR) is 79.3 cm³/mol. The Morgan fingerprint density at radius 3 is 2.58 bits per heavy atom. The highest BCUT2D eigenvalue weighted by Crippen LogP contribution is 2.37. The molecule has 1 aliphatic carbocycles. The molecule has 1 atom stereocenters. The number of nitrogens with one attached hydrogen (secondary N) is 1. The first-order valence-corrected chi connectivity index (χ1v) is 7.70. The maximum Gasteiger partial charge on any atom is 0.145 e. The zero-order valence-electron chi connectivity index (χ0n) is 11.6. The molecule has 1 aliphatic rings. The first kappa shape index (κ1) is 14.8. The number of benzene rings is 1. The second-order valence-electron chi connectivity index (χ2n) is 5.56. The number of rotatable bonds is 4. The van der Waals surface area contributed by atoms with Gasteiger partial charge in [-0.25, -0.2) is 4.39 Å². The van der Waals surface area contributed by atoms with Crippen LogP contribution in [0.1, 0.15) is 50.0 Å². The molecule has 106 valence electrons. The van der Waals surface area contributed by atoms with Gasteiger partial charge < -0.3 is 5.32 Å². The zero-order valence-corrected chi connectivity index (χ0v) is 12.3. The molecule has 0 bridgehead atoms. The van der Waals surface area contributed by atoms with E-state index in [2.05, 4.69) is 5.32 Å². The molecule has 0 aliphatic heterocycles. The van der Waals surface area contributed by atoms with Gasteiger partial charge in [-0.15, -0.1) is 0 Å². The van der Waals surface area contributed by atoms with E-state index in [1.807, 2.05) is 19.2 Å². The monoisotopic (exact) mass is 283 g/mol. The van der Waals surface area contributed by atoms with E-state index in [0.717, 1.165) is 12.1 Å². The van der Waals surface area contributed by atoms with Crippen LogP contribution in [0.5, 0.6) is 0 Å². The van der Waals surface area contributed by atoms with E-state index >= 15 is 0 Å². The van der Waals surface area contributed by atoms with Gasteiger partial charge in [0.1, 0.15) is 5.82 Å². The van der Waals surface area contributed by atoms with Gasteiger partial charge in [0.2, 0.25) is 0 Å². The largest absolute Gasteiger partial charge is 0.319 e. The van der Waals surface area contributed by atoms with Crippen LogP contribution in [-0.4, -0.2) is 13.6 Å². The van der Waals surface area contributed by atoms with Crippen molar-refractivity contribution in [3.05, 3.63) is 34.6 Å². The van der Waals surface area contributed by atoms with Crippen LogP contribution in [0.25, 0.3) is 0 Å². The van der Waals surface area contributed by atoms with Crippen molar-refractivity contribution in [1.29, 1.82) is 0 Å². The van der Waals surface area contributed by atoms with Gasteiger partial charge in [0.25, 0.3) is 0 Å². The van der Waals surface area contributed by atoms with Crippen LogP contribution >= 0.6 is 11.6 Å². The molecule has 1 nitrogen and oxygen atoms in total. The first-order chi connectivity index (χ1) is 9.24. The van der Waals surface area contributed by atoms with E-state index < -0.39 is 0 Å². The van der Waals surface area contributed by atoms with Crippen molar-refractivity contribution in [3.8, 4) is 0 Å². The van der Waals surface area contributed by atoms with Crippen molar-refractivity contribution in [1.82, 2.24) is 5.32 Å². The SMILES string of the molecule is CNCC(c1cccc(Cl)c1F)C1CCCCCC1. The average molecular weight is 284 g/mol. The van der Waals surface area contributed by atoms with Crippen molar-refractivity contribution in [2.75, 3.05) is 13.6 Å². The molecule has 0 aromatic heterocycles. The third kappa shape index (κ3) is 3.70. The lowest BCUT2D eigenvalue weighted by Gasteiger charge is -2.27. The van der Waals surface area contributed by atoms with Crippen molar-refractivity contribution < 1.29 is 4.39 Å². The minimum atomic E-state index is -0.228. The molecular formula is C16H23ClFN. The summed E-state index contributed by atoms with van der Waals surface area (Å²) in [6, 6.07) is 5.39. The molecule has 0 heterocycles. The fourth-order valence-electron chi connectivity index (χ4n) is 3.27. The van der Waals surface area contributed by atoms with Gasteiger partial charge in [0.15, 0.2) is 0 Å². The maximum atomic E-state index is 14.3. The Balaban J connectivity index is 2.25. The quantitative estimate of drug-likeness (QED) is 0.786. The summed E-state index contributed by atoms with van der Waals surface area (Å²) in [5.74, 6) is 0.582. The number of likely N-dealkylation sites (N-methyl/N-ethyl adjacent to an activating group) is 1. The lowest BCUT2D eigenvalue weighted by Crippen LogP contribution is -2.25. The summed E-state index contributed by atoms with van der Waals surface area (Å²) in [5.41, 5.74) is 0.786. The molecule has 1 saturated carbocycles. The summed E-state index contributed by atoms with van der Waals surface area (Å²) in [6.45, 7) is 0.821. The third-order valence-corrected chi connectivity index (χ3v) is 4.57. The summed E-state index contributed by atoms with van der Waals surface area (Å²) in [6.07, 6.45) is 7.60. The second-order valence-corrected chi connectivity index (χ2v) is 5.97. The minimum absolute atomic E-state index is 0.228. The third-order valence-electron chi connectivity index (χ3n) is 4.27. The van der Waals surface area contributed by atoms with Crippen molar-refractivity contribution in [2.45, 2.75) is 44.4 Å². The van der Waals surface area contributed by atoms with Crippen LogP contribution < -0.4 is 5.32 Å². The molecule has 1 N–H and O–H groups in total. The second kappa shape index (κ2) is 7.25. The van der Waals surface area contributed by atoms with Crippen LogP contribution in [0.4, 0.5) is 4.39 Å². The number of hydrogen-bond donors (Lipinski definition) is 1. The van der Waals surface area contributed by atoms with Gasteiger partial charge in [-0.3, -0.25) is 0 Å². The highest BCUT2D eigenvalue weighted by molar-refractivity contribution is 6.30. The summed E-state index contributed by atoms with van der Waals surface area (Å²) in [5, 5.41) is 3.46. The van der Waals surface area contributed by atoms with Crippen molar-refractivity contribution in [3.63, 3.8) is 0 Å². The van der Waals surface area contributed by atoms with Crippen LogP contribution in [-0.2, 0) is 0 Å². The molecule has 19 heavy (non-hydrogen) atoms. The highest BCUT2D eigenvalue weighted by Gasteiger charge is 2.26. The molecule has 1 aromatic rings. The van der Waals surface area contributed by atoms with Crippen molar-refractivity contribution in [2.24, 2.45) is 5.92 Å². The fraction of sp³-hybridized carbons (Fsp3) is 0.625. The maximum absolute atomic E-state index is 14.3. The van der Waals surface area contributed by atoms with Crippen LogP contribution in [0.15, 0.2) is 18.2 Å². The Kier molecular flexibility index (Phi) is 5.65. The highest BCUT2D eigenvalue weighted by atomic mass is 35.5. The normalized spacial score (nSPS) is 19.1. The Bertz CT molecular complexity index is 400. The first-order valence-electron chi connectivity index (χ1n) is 7.32. The van der Waals surface area contributed by atoms with Crippen LogP contribution in [0.2, 0.25) is 5.02 Å². The lowest BCUT2D eigenvalue weighted by molar-refractivity contribution is 0.359. The van der Waals surface area contributed by atoms with Gasteiger partial charge in [-0.05, 0) is 37.4 Å². The molecule has 3 heteroatoms. The lowest BCUT2D eigenvalue weighted by atomic mass is 9.81. The molecule has 0 spiro atoms. The molecule has 2 rings (SSSR count). The van der Waals surface area contributed by atoms with E-state index in [4.69, 9.17) is 11.6 Å². The molecular weight excluding hydrogens is 261 g/mol. The Morgan fingerprint density at radius 1 is 1.26 bits per heavy atom. The summed E-state index contributed by atoms with van der Waals surface area (Å²) >= 11 is 5.93. The Labute approximate surface area is 120 Å². The van der Waals surface area contributed by atoms with Gasteiger partial charge in [-0.1, -0.05) is 49.4 Å². The van der Waals surface area contributed by atoms with Gasteiger partial charge in [0, 0.05) is 12.5 Å². The molecule has 0 saturated heterocycles. The van der Waals surface area contributed by atoms with E-state index in [0.29, 0.717) is 5.92 Å². The smallest absolute Gasteiger partial charge is 0.145 e. The minimum Gasteiger partial charge on any atom is -0.319 e. The fourth-order valence-corrected chi connectivity index (χ4v) is 3.45. The average Bonchev–Trinajstić information content (AvgIpc) is 2.68. The summed E-state index contributed by atoms with van der Waals surface area (Å²) in [4.78, 5) is 0. The molecule has 1 aromatic carbocycles.